The summed E-state index contributed by atoms with van der Waals surface area (Å²) in [6, 6.07) is 8.62. The van der Waals surface area contributed by atoms with Crippen molar-refractivity contribution in [2.45, 2.75) is 26.3 Å². The van der Waals surface area contributed by atoms with Gasteiger partial charge in [-0.1, -0.05) is 29.8 Å². The summed E-state index contributed by atoms with van der Waals surface area (Å²) in [5.41, 5.74) is 0.498. The zero-order valence-corrected chi connectivity index (χ0v) is 11.4. The van der Waals surface area contributed by atoms with Gasteiger partial charge in [0.05, 0.1) is 0 Å². The number of benzene rings is 1. The van der Waals surface area contributed by atoms with Crippen molar-refractivity contribution < 1.29 is 4.74 Å². The molecule has 0 radical (unpaired) electrons. The molecule has 1 N–H and O–H groups in total. The van der Waals surface area contributed by atoms with Crippen LogP contribution in [0.2, 0.25) is 0 Å². The molecule has 0 spiro atoms. The fourth-order valence-electron chi connectivity index (χ4n) is 1.75. The summed E-state index contributed by atoms with van der Waals surface area (Å²) in [6.45, 7) is 6.23. The van der Waals surface area contributed by atoms with Crippen LogP contribution in [0.3, 0.4) is 0 Å². The van der Waals surface area contributed by atoms with Crippen LogP contribution in [0.25, 0.3) is 0 Å². The summed E-state index contributed by atoms with van der Waals surface area (Å²) in [6.07, 6.45) is 1.28. The van der Waals surface area contributed by atoms with Gasteiger partial charge in [0.25, 0.3) is 0 Å². The van der Waals surface area contributed by atoms with Crippen molar-refractivity contribution >= 4 is 15.9 Å². The van der Waals surface area contributed by atoms with E-state index in [1.165, 1.54) is 6.42 Å². The Labute approximate surface area is 106 Å². The van der Waals surface area contributed by atoms with E-state index in [4.69, 9.17) is 4.74 Å². The Hall–Kier alpha value is -0.540. The standard InChI is InChI=1S/C13H18BrNO/c1-13(2)9-12(13)15-7-8-16-11-5-3-10(14)4-6-11/h3-6,12,15H,7-9H2,1-2H3. The third-order valence-corrected chi connectivity index (χ3v) is 3.62. The summed E-state index contributed by atoms with van der Waals surface area (Å²) < 4.78 is 6.71. The second kappa shape index (κ2) is 4.76. The molecule has 3 heteroatoms. The zero-order valence-electron chi connectivity index (χ0n) is 9.79. The monoisotopic (exact) mass is 283 g/mol. The van der Waals surface area contributed by atoms with Crippen molar-refractivity contribution in [1.82, 2.24) is 5.32 Å². The molecule has 0 heterocycles. The Morgan fingerprint density at radius 1 is 1.38 bits per heavy atom. The molecular formula is C13H18BrNO. The van der Waals surface area contributed by atoms with Gasteiger partial charge in [0.15, 0.2) is 0 Å². The van der Waals surface area contributed by atoms with Crippen LogP contribution in [0.15, 0.2) is 28.7 Å². The average molecular weight is 284 g/mol. The molecule has 1 atom stereocenters. The molecule has 1 aliphatic carbocycles. The highest BCUT2D eigenvalue weighted by Gasteiger charge is 2.44. The summed E-state index contributed by atoms with van der Waals surface area (Å²) >= 11 is 3.40. The second-order valence-corrected chi connectivity index (χ2v) is 5.92. The number of rotatable bonds is 5. The highest BCUT2D eigenvalue weighted by atomic mass is 79.9. The van der Waals surface area contributed by atoms with Crippen molar-refractivity contribution in [2.75, 3.05) is 13.2 Å². The van der Waals surface area contributed by atoms with Crippen molar-refractivity contribution in [3.05, 3.63) is 28.7 Å². The minimum atomic E-state index is 0.498. The van der Waals surface area contributed by atoms with Crippen molar-refractivity contribution in [2.24, 2.45) is 5.41 Å². The van der Waals surface area contributed by atoms with Crippen LogP contribution >= 0.6 is 15.9 Å². The largest absolute Gasteiger partial charge is 0.492 e. The van der Waals surface area contributed by atoms with E-state index in [9.17, 15) is 0 Å². The van der Waals surface area contributed by atoms with Gasteiger partial charge >= 0.3 is 0 Å². The molecule has 1 unspecified atom stereocenters. The fourth-order valence-corrected chi connectivity index (χ4v) is 2.01. The van der Waals surface area contributed by atoms with E-state index >= 15 is 0 Å². The molecule has 0 aromatic heterocycles. The van der Waals surface area contributed by atoms with E-state index in [2.05, 4.69) is 35.1 Å². The minimum absolute atomic E-state index is 0.498. The SMILES string of the molecule is CC1(C)CC1NCCOc1ccc(Br)cc1. The molecule has 1 aromatic rings. The van der Waals surface area contributed by atoms with Gasteiger partial charge in [0.1, 0.15) is 12.4 Å². The van der Waals surface area contributed by atoms with Crippen LogP contribution in [0.4, 0.5) is 0 Å². The number of hydrogen-bond acceptors (Lipinski definition) is 2. The predicted octanol–water partition coefficient (Wildman–Crippen LogP) is 3.22. The van der Waals surface area contributed by atoms with Crippen LogP contribution in [0, 0.1) is 5.41 Å². The number of ether oxygens (including phenoxy) is 1. The van der Waals surface area contributed by atoms with Crippen molar-refractivity contribution in [1.29, 1.82) is 0 Å². The van der Waals surface area contributed by atoms with Crippen LogP contribution in [-0.4, -0.2) is 19.2 Å². The van der Waals surface area contributed by atoms with E-state index in [1.807, 2.05) is 24.3 Å². The highest BCUT2D eigenvalue weighted by Crippen LogP contribution is 2.44. The fraction of sp³-hybridized carbons (Fsp3) is 0.538. The molecule has 16 heavy (non-hydrogen) atoms. The van der Waals surface area contributed by atoms with E-state index in [0.29, 0.717) is 11.5 Å². The Balaban J connectivity index is 1.63. The van der Waals surface area contributed by atoms with Crippen LogP contribution in [0.5, 0.6) is 5.75 Å². The maximum Gasteiger partial charge on any atom is 0.119 e. The normalized spacial score (nSPS) is 21.8. The first-order chi connectivity index (χ1) is 7.58. The lowest BCUT2D eigenvalue weighted by Crippen LogP contribution is -2.25. The van der Waals surface area contributed by atoms with Gasteiger partial charge in [0.2, 0.25) is 0 Å². The smallest absolute Gasteiger partial charge is 0.119 e. The lowest BCUT2D eigenvalue weighted by Gasteiger charge is -2.08. The Kier molecular flexibility index (Phi) is 3.55. The Morgan fingerprint density at radius 3 is 2.56 bits per heavy atom. The average Bonchev–Trinajstić information content (AvgIpc) is 2.84. The number of hydrogen-bond donors (Lipinski definition) is 1. The number of halogens is 1. The Morgan fingerprint density at radius 2 is 2.00 bits per heavy atom. The van der Waals surface area contributed by atoms with Gasteiger partial charge in [-0.3, -0.25) is 0 Å². The molecule has 1 aliphatic rings. The van der Waals surface area contributed by atoms with E-state index < -0.39 is 0 Å². The van der Waals surface area contributed by atoms with Gasteiger partial charge in [-0.25, -0.2) is 0 Å². The first-order valence-corrected chi connectivity index (χ1v) is 6.49. The summed E-state index contributed by atoms with van der Waals surface area (Å²) in [7, 11) is 0. The van der Waals surface area contributed by atoms with Crippen LogP contribution in [0.1, 0.15) is 20.3 Å². The van der Waals surface area contributed by atoms with Crippen LogP contribution < -0.4 is 10.1 Å². The quantitative estimate of drug-likeness (QED) is 0.838. The summed E-state index contributed by atoms with van der Waals surface area (Å²) in [5.74, 6) is 0.931. The summed E-state index contributed by atoms with van der Waals surface area (Å²) in [4.78, 5) is 0. The lowest BCUT2D eigenvalue weighted by molar-refractivity contribution is 0.310. The molecule has 2 nitrogen and oxygen atoms in total. The molecular weight excluding hydrogens is 266 g/mol. The van der Waals surface area contributed by atoms with Crippen molar-refractivity contribution in [3.8, 4) is 5.75 Å². The third kappa shape index (κ3) is 3.22. The minimum Gasteiger partial charge on any atom is -0.492 e. The topological polar surface area (TPSA) is 21.3 Å². The Bertz CT molecular complexity index is 347. The first kappa shape index (κ1) is 11.9. The van der Waals surface area contributed by atoms with E-state index in [-0.39, 0.29) is 0 Å². The maximum absolute atomic E-state index is 5.62. The van der Waals surface area contributed by atoms with Crippen molar-refractivity contribution in [3.63, 3.8) is 0 Å². The van der Waals surface area contributed by atoms with E-state index in [0.717, 1.165) is 23.4 Å². The van der Waals surface area contributed by atoms with E-state index in [1.54, 1.807) is 0 Å². The first-order valence-electron chi connectivity index (χ1n) is 5.70. The number of nitrogens with one attached hydrogen (secondary N) is 1. The second-order valence-electron chi connectivity index (χ2n) is 5.00. The highest BCUT2D eigenvalue weighted by molar-refractivity contribution is 9.10. The van der Waals surface area contributed by atoms with Crippen LogP contribution in [-0.2, 0) is 0 Å². The molecule has 0 aliphatic heterocycles. The lowest BCUT2D eigenvalue weighted by atomic mass is 10.2. The molecule has 1 fully saturated rings. The third-order valence-electron chi connectivity index (χ3n) is 3.09. The van der Waals surface area contributed by atoms with Gasteiger partial charge in [-0.05, 0) is 36.1 Å². The zero-order chi connectivity index (χ0) is 11.6. The summed E-state index contributed by atoms with van der Waals surface area (Å²) in [5, 5.41) is 3.49. The molecule has 0 bridgehead atoms. The maximum atomic E-state index is 5.62. The molecule has 2 rings (SSSR count). The molecule has 0 saturated heterocycles. The van der Waals surface area contributed by atoms with Gasteiger partial charge < -0.3 is 10.1 Å². The molecule has 1 aromatic carbocycles. The predicted molar refractivity (Wildman–Crippen MR) is 69.8 cm³/mol. The molecule has 88 valence electrons. The van der Waals surface area contributed by atoms with Gasteiger partial charge in [0, 0.05) is 17.1 Å². The van der Waals surface area contributed by atoms with Gasteiger partial charge in [-0.15, -0.1) is 0 Å². The van der Waals surface area contributed by atoms with Gasteiger partial charge in [-0.2, -0.15) is 0 Å². The molecule has 1 saturated carbocycles. The molecule has 0 amide bonds.